The Morgan fingerprint density at radius 3 is 2.44 bits per heavy atom. The van der Waals surface area contributed by atoms with Crippen LogP contribution in [0.3, 0.4) is 0 Å². The lowest BCUT2D eigenvalue weighted by Gasteiger charge is -2.02. The van der Waals surface area contributed by atoms with Crippen molar-refractivity contribution in [2.24, 2.45) is 0 Å². The van der Waals surface area contributed by atoms with Gasteiger partial charge in [-0.05, 0) is 17.4 Å². The second-order valence-corrected chi connectivity index (χ2v) is 9.97. The van der Waals surface area contributed by atoms with Crippen LogP contribution < -0.4 is 0 Å². The minimum Gasteiger partial charge on any atom is -0.131 e. The third-order valence-electron chi connectivity index (χ3n) is 1.65. The van der Waals surface area contributed by atoms with Crippen LogP contribution in [0.2, 0.25) is 19.6 Å². The molecule has 0 fully saturated rings. The monoisotopic (exact) mass is 244 g/mol. The van der Waals surface area contributed by atoms with Crippen LogP contribution in [0.25, 0.3) is 0 Å². The Hall–Kier alpha value is -1.09. The predicted molar refractivity (Wildman–Crippen MR) is 76.9 cm³/mol. The van der Waals surface area contributed by atoms with E-state index in [0.29, 0.717) is 0 Å². The molecule has 0 aliphatic carbocycles. The zero-order valence-corrected chi connectivity index (χ0v) is 11.8. The summed E-state index contributed by atoms with van der Waals surface area (Å²) in [6.45, 7) is 6.75. The van der Waals surface area contributed by atoms with E-state index in [9.17, 15) is 0 Å². The largest absolute Gasteiger partial charge is 0.131 e. The zero-order chi connectivity index (χ0) is 11.9. The third kappa shape index (κ3) is 6.40. The fourth-order valence-corrected chi connectivity index (χ4v) is 2.14. The van der Waals surface area contributed by atoms with Crippen LogP contribution in [0.1, 0.15) is 5.56 Å². The van der Waals surface area contributed by atoms with Crippen LogP contribution in [-0.2, 0) is 0 Å². The number of benzene rings is 1. The Balaban J connectivity index is 2.37. The molecule has 0 saturated carbocycles. The topological polar surface area (TPSA) is 0 Å². The SMILES string of the molecule is C[Si](C)(C)C#CCSC#Cc1ccccc1. The lowest BCUT2D eigenvalue weighted by Crippen LogP contribution is -2.16. The summed E-state index contributed by atoms with van der Waals surface area (Å²) in [6.07, 6.45) is 0. The highest BCUT2D eigenvalue weighted by Crippen LogP contribution is 2.00. The Morgan fingerprint density at radius 1 is 1.12 bits per heavy atom. The van der Waals surface area contributed by atoms with Crippen LogP contribution >= 0.6 is 11.8 Å². The van der Waals surface area contributed by atoms with Gasteiger partial charge in [-0.2, -0.15) is 0 Å². The maximum atomic E-state index is 3.32. The summed E-state index contributed by atoms with van der Waals surface area (Å²) in [4.78, 5) is 0. The van der Waals surface area contributed by atoms with Gasteiger partial charge < -0.3 is 0 Å². The molecule has 0 aliphatic rings. The van der Waals surface area contributed by atoms with Gasteiger partial charge in [-0.25, -0.2) is 0 Å². The van der Waals surface area contributed by atoms with Crippen LogP contribution in [0, 0.1) is 22.6 Å². The highest BCUT2D eigenvalue weighted by molar-refractivity contribution is 8.04. The summed E-state index contributed by atoms with van der Waals surface area (Å²) in [7, 11) is -1.20. The van der Waals surface area contributed by atoms with Crippen molar-refractivity contribution in [3.05, 3.63) is 35.9 Å². The summed E-state index contributed by atoms with van der Waals surface area (Å²) in [5.41, 5.74) is 4.38. The molecule has 0 unspecified atom stereocenters. The van der Waals surface area contributed by atoms with E-state index >= 15 is 0 Å². The maximum absolute atomic E-state index is 3.32. The fourth-order valence-electron chi connectivity index (χ4n) is 0.990. The quantitative estimate of drug-likeness (QED) is 0.413. The van der Waals surface area contributed by atoms with Crippen molar-refractivity contribution in [1.29, 1.82) is 0 Å². The van der Waals surface area contributed by atoms with Crippen molar-refractivity contribution in [3.8, 4) is 22.6 Å². The van der Waals surface area contributed by atoms with Gasteiger partial charge in [-0.3, -0.25) is 0 Å². The third-order valence-corrected chi connectivity index (χ3v) is 3.11. The van der Waals surface area contributed by atoms with Crippen molar-refractivity contribution in [3.63, 3.8) is 0 Å². The summed E-state index contributed by atoms with van der Waals surface area (Å²) >= 11 is 1.58. The molecule has 0 radical (unpaired) electrons. The molecule has 1 rings (SSSR count). The van der Waals surface area contributed by atoms with Gasteiger partial charge in [0.2, 0.25) is 0 Å². The normalized spacial score (nSPS) is 9.69. The molecule has 2 heteroatoms. The van der Waals surface area contributed by atoms with Gasteiger partial charge in [-0.15, -0.1) is 5.54 Å². The molecular weight excluding hydrogens is 228 g/mol. The molecule has 0 spiro atoms. The molecule has 0 saturated heterocycles. The number of hydrogen-bond donors (Lipinski definition) is 0. The number of hydrogen-bond acceptors (Lipinski definition) is 1. The molecule has 0 bridgehead atoms. The van der Waals surface area contributed by atoms with Gasteiger partial charge in [0.1, 0.15) is 8.07 Å². The molecular formula is C14H16SSi. The first-order valence-corrected chi connectivity index (χ1v) is 9.74. The first-order valence-electron chi connectivity index (χ1n) is 5.26. The minimum absolute atomic E-state index is 0.810. The Kier molecular flexibility index (Phi) is 5.26. The highest BCUT2D eigenvalue weighted by atomic mass is 32.2. The minimum atomic E-state index is -1.20. The molecule has 1 aromatic rings. The number of thioether (sulfide) groups is 1. The average molecular weight is 244 g/mol. The lowest BCUT2D eigenvalue weighted by atomic mass is 10.2. The van der Waals surface area contributed by atoms with Gasteiger partial charge in [0.25, 0.3) is 0 Å². The van der Waals surface area contributed by atoms with Crippen molar-refractivity contribution in [2.45, 2.75) is 19.6 Å². The number of rotatable bonds is 1. The maximum Gasteiger partial charge on any atom is 0.129 e. The van der Waals surface area contributed by atoms with E-state index in [1.165, 1.54) is 0 Å². The highest BCUT2D eigenvalue weighted by Gasteiger charge is 2.06. The Labute approximate surface area is 104 Å². The zero-order valence-electron chi connectivity index (χ0n) is 10.0. The van der Waals surface area contributed by atoms with Gasteiger partial charge >= 0.3 is 0 Å². The van der Waals surface area contributed by atoms with E-state index in [1.807, 2.05) is 30.3 Å². The second-order valence-electron chi connectivity index (χ2n) is 4.43. The van der Waals surface area contributed by atoms with Crippen LogP contribution in [-0.4, -0.2) is 13.8 Å². The molecule has 0 heterocycles. The molecule has 0 aliphatic heterocycles. The lowest BCUT2D eigenvalue weighted by molar-refractivity contribution is 1.65. The van der Waals surface area contributed by atoms with E-state index in [4.69, 9.17) is 0 Å². The van der Waals surface area contributed by atoms with Crippen LogP contribution in [0.15, 0.2) is 30.3 Å². The average Bonchev–Trinajstić information content (AvgIpc) is 2.23. The summed E-state index contributed by atoms with van der Waals surface area (Å²) in [5.74, 6) is 7.09. The Morgan fingerprint density at radius 2 is 1.81 bits per heavy atom. The first-order chi connectivity index (χ1) is 7.58. The van der Waals surface area contributed by atoms with E-state index in [1.54, 1.807) is 11.8 Å². The molecule has 0 aromatic heterocycles. The smallest absolute Gasteiger partial charge is 0.129 e. The van der Waals surface area contributed by atoms with Crippen molar-refractivity contribution >= 4 is 19.8 Å². The molecule has 0 amide bonds. The van der Waals surface area contributed by atoms with Gasteiger partial charge in [0, 0.05) is 5.56 Å². The molecule has 0 N–H and O–H groups in total. The summed E-state index contributed by atoms with van der Waals surface area (Å²) in [5, 5.41) is 3.07. The summed E-state index contributed by atoms with van der Waals surface area (Å²) < 4.78 is 0. The van der Waals surface area contributed by atoms with E-state index < -0.39 is 8.07 Å². The second kappa shape index (κ2) is 6.48. The summed E-state index contributed by atoms with van der Waals surface area (Å²) in [6, 6.07) is 10.0. The molecule has 1 aromatic carbocycles. The molecule has 0 nitrogen and oxygen atoms in total. The van der Waals surface area contributed by atoms with E-state index in [-0.39, 0.29) is 0 Å². The molecule has 0 atom stereocenters. The van der Waals surface area contributed by atoms with E-state index in [2.05, 4.69) is 42.3 Å². The Bertz CT molecular complexity index is 435. The van der Waals surface area contributed by atoms with Gasteiger partial charge in [-0.1, -0.05) is 61.4 Å². The van der Waals surface area contributed by atoms with Crippen LogP contribution in [0.4, 0.5) is 0 Å². The van der Waals surface area contributed by atoms with E-state index in [0.717, 1.165) is 11.3 Å². The van der Waals surface area contributed by atoms with Crippen LogP contribution in [0.5, 0.6) is 0 Å². The standard InChI is InChI=1S/C14H16SSi/c1-16(2,3)13-7-11-15-12-10-14-8-5-4-6-9-14/h4-6,8-9H,11H2,1-3H3. The molecule has 82 valence electrons. The fraction of sp³-hybridized carbons (Fsp3) is 0.286. The van der Waals surface area contributed by atoms with Crippen molar-refractivity contribution < 1.29 is 0 Å². The van der Waals surface area contributed by atoms with Gasteiger partial charge in [0.15, 0.2) is 0 Å². The molecule has 16 heavy (non-hydrogen) atoms. The van der Waals surface area contributed by atoms with Crippen molar-refractivity contribution in [2.75, 3.05) is 5.75 Å². The van der Waals surface area contributed by atoms with Gasteiger partial charge in [0.05, 0.1) is 5.75 Å². The first kappa shape index (κ1) is 13.0. The van der Waals surface area contributed by atoms with Crippen molar-refractivity contribution in [1.82, 2.24) is 0 Å². The predicted octanol–water partition coefficient (Wildman–Crippen LogP) is 3.61.